The van der Waals surface area contributed by atoms with E-state index in [0.717, 1.165) is 36.0 Å². The van der Waals surface area contributed by atoms with Crippen LogP contribution in [0.5, 0.6) is 0 Å². The number of carbonyl (C=O) groups excluding carboxylic acids is 1. The number of hydrogen-bond donors (Lipinski definition) is 1. The van der Waals surface area contributed by atoms with Gasteiger partial charge in [0.1, 0.15) is 5.01 Å². The van der Waals surface area contributed by atoms with Crippen molar-refractivity contribution >= 4 is 17.2 Å². The number of halogens is 3. The van der Waals surface area contributed by atoms with Crippen LogP contribution in [0.3, 0.4) is 0 Å². The lowest BCUT2D eigenvalue weighted by molar-refractivity contribution is -0.140. The molecule has 0 aliphatic heterocycles. The van der Waals surface area contributed by atoms with Crippen molar-refractivity contribution in [1.82, 2.24) is 9.88 Å². The summed E-state index contributed by atoms with van der Waals surface area (Å²) in [7, 11) is 1.61. The van der Waals surface area contributed by atoms with Crippen LogP contribution in [0.2, 0.25) is 0 Å². The molecular weight excluding hydrogens is 315 g/mol. The summed E-state index contributed by atoms with van der Waals surface area (Å²) in [6.45, 7) is 0.0974. The monoisotopic (exact) mass is 333 g/mol. The van der Waals surface area contributed by atoms with Crippen molar-refractivity contribution in [2.24, 2.45) is 23.5 Å². The Morgan fingerprint density at radius 2 is 2.14 bits per heavy atom. The first-order chi connectivity index (χ1) is 10.3. The molecule has 2 saturated carbocycles. The topological polar surface area (TPSA) is 59.2 Å². The number of amides is 1. The third-order valence-electron chi connectivity index (χ3n) is 4.86. The molecule has 1 aromatic rings. The zero-order valence-electron chi connectivity index (χ0n) is 12.1. The molecule has 4 unspecified atom stereocenters. The number of thiazole rings is 1. The van der Waals surface area contributed by atoms with Gasteiger partial charge in [-0.15, -0.1) is 11.3 Å². The highest BCUT2D eigenvalue weighted by Crippen LogP contribution is 2.48. The summed E-state index contributed by atoms with van der Waals surface area (Å²) >= 11 is 0.925. The van der Waals surface area contributed by atoms with E-state index in [1.54, 1.807) is 7.05 Å². The minimum absolute atomic E-state index is 0.0662. The molecule has 3 rings (SSSR count). The van der Waals surface area contributed by atoms with Crippen LogP contribution in [-0.2, 0) is 17.5 Å². The molecule has 0 aromatic carbocycles. The molecule has 2 N–H and O–H groups in total. The Balaban J connectivity index is 1.66. The third-order valence-corrected chi connectivity index (χ3v) is 5.69. The molecule has 2 bridgehead atoms. The molecule has 2 fully saturated rings. The van der Waals surface area contributed by atoms with E-state index in [9.17, 15) is 18.0 Å². The molecule has 8 heteroatoms. The summed E-state index contributed by atoms with van der Waals surface area (Å²) in [5.74, 6) is 0.496. The first-order valence-corrected chi connectivity index (χ1v) is 8.17. The molecule has 1 heterocycles. The number of hydrogen-bond acceptors (Lipinski definition) is 4. The molecule has 1 aromatic heterocycles. The molecule has 2 aliphatic carbocycles. The highest BCUT2D eigenvalue weighted by atomic mass is 32.1. The highest BCUT2D eigenvalue weighted by Gasteiger charge is 2.49. The predicted octanol–water partition coefficient (Wildman–Crippen LogP) is 2.49. The van der Waals surface area contributed by atoms with E-state index in [1.165, 1.54) is 4.90 Å². The van der Waals surface area contributed by atoms with Gasteiger partial charge in [0.05, 0.1) is 12.5 Å². The van der Waals surface area contributed by atoms with Crippen molar-refractivity contribution in [1.29, 1.82) is 0 Å². The molecule has 0 saturated heterocycles. The average Bonchev–Trinajstić information content (AvgIpc) is 3.12. The van der Waals surface area contributed by atoms with E-state index in [1.807, 2.05) is 0 Å². The van der Waals surface area contributed by atoms with Gasteiger partial charge in [0.2, 0.25) is 5.91 Å². The van der Waals surface area contributed by atoms with Crippen LogP contribution in [0, 0.1) is 17.8 Å². The molecule has 2 aliphatic rings. The smallest absolute Gasteiger partial charge is 0.339 e. The first-order valence-electron chi connectivity index (χ1n) is 7.29. The van der Waals surface area contributed by atoms with Gasteiger partial charge in [0.25, 0.3) is 0 Å². The summed E-state index contributed by atoms with van der Waals surface area (Å²) in [6.07, 6.45) is -1.33. The van der Waals surface area contributed by atoms with Crippen LogP contribution in [0.25, 0.3) is 0 Å². The molecule has 1 amide bonds. The summed E-state index contributed by atoms with van der Waals surface area (Å²) in [5, 5.41) is 1.27. The van der Waals surface area contributed by atoms with Crippen LogP contribution >= 0.6 is 11.3 Å². The van der Waals surface area contributed by atoms with E-state index >= 15 is 0 Å². The number of fused-ring (bicyclic) bond motifs is 2. The van der Waals surface area contributed by atoms with Crippen LogP contribution in [-0.4, -0.2) is 28.9 Å². The molecule has 122 valence electrons. The molecule has 0 spiro atoms. The highest BCUT2D eigenvalue weighted by molar-refractivity contribution is 7.09. The van der Waals surface area contributed by atoms with Crippen molar-refractivity contribution in [2.75, 3.05) is 7.05 Å². The van der Waals surface area contributed by atoms with Gasteiger partial charge in [-0.05, 0) is 31.1 Å². The summed E-state index contributed by atoms with van der Waals surface area (Å²) in [6, 6.07) is -0.115. The summed E-state index contributed by atoms with van der Waals surface area (Å²) in [4.78, 5) is 17.6. The van der Waals surface area contributed by atoms with Crippen molar-refractivity contribution in [3.8, 4) is 0 Å². The standard InChI is InChI=1S/C14H18F3N3OS/c1-20(5-10-19-9(6-22-10)14(15,16)17)13(21)11-7-2-3-8(4-7)12(11)18/h6-8,11-12H,2-5,18H2,1H3. The molecule has 22 heavy (non-hydrogen) atoms. The zero-order valence-corrected chi connectivity index (χ0v) is 13.0. The second-order valence-corrected chi connectivity index (χ2v) is 7.20. The summed E-state index contributed by atoms with van der Waals surface area (Å²) in [5.41, 5.74) is 5.25. The van der Waals surface area contributed by atoms with Gasteiger partial charge in [-0.2, -0.15) is 13.2 Å². The lowest BCUT2D eigenvalue weighted by Gasteiger charge is -2.30. The predicted molar refractivity (Wildman–Crippen MR) is 75.9 cm³/mol. The number of aromatic nitrogens is 1. The molecular formula is C14H18F3N3OS. The normalized spacial score (nSPS) is 30.8. The Labute approximate surface area is 130 Å². The fraction of sp³-hybridized carbons (Fsp3) is 0.714. The number of nitrogens with zero attached hydrogens (tertiary/aromatic N) is 2. The zero-order chi connectivity index (χ0) is 16.1. The van der Waals surface area contributed by atoms with Crippen molar-refractivity contribution in [2.45, 2.75) is 38.0 Å². The summed E-state index contributed by atoms with van der Waals surface area (Å²) < 4.78 is 37.6. The third kappa shape index (κ3) is 2.74. The Morgan fingerprint density at radius 3 is 2.68 bits per heavy atom. The minimum Gasteiger partial charge on any atom is -0.339 e. The quantitative estimate of drug-likeness (QED) is 0.924. The van der Waals surface area contributed by atoms with E-state index in [-0.39, 0.29) is 24.4 Å². The second kappa shape index (κ2) is 5.49. The van der Waals surface area contributed by atoms with Crippen LogP contribution < -0.4 is 5.73 Å². The van der Waals surface area contributed by atoms with Gasteiger partial charge in [-0.1, -0.05) is 0 Å². The lowest BCUT2D eigenvalue weighted by Crippen LogP contribution is -2.45. The maximum Gasteiger partial charge on any atom is 0.434 e. The Morgan fingerprint density at radius 1 is 1.45 bits per heavy atom. The Hall–Kier alpha value is -1.15. The fourth-order valence-electron chi connectivity index (χ4n) is 3.75. The Bertz CT molecular complexity index is 572. The number of nitrogens with two attached hydrogens (primary N) is 1. The SMILES string of the molecule is CN(Cc1nc(C(F)(F)F)cs1)C(=O)C1C2CCC(C2)C1N. The maximum absolute atomic E-state index is 12.6. The van der Waals surface area contributed by atoms with Crippen molar-refractivity contribution < 1.29 is 18.0 Å². The average molecular weight is 333 g/mol. The molecule has 4 atom stereocenters. The van der Waals surface area contributed by atoms with E-state index in [2.05, 4.69) is 4.98 Å². The minimum atomic E-state index is -4.44. The van der Waals surface area contributed by atoms with Gasteiger partial charge in [0.15, 0.2) is 5.69 Å². The van der Waals surface area contributed by atoms with E-state index < -0.39 is 11.9 Å². The Kier molecular flexibility index (Phi) is 3.92. The fourth-order valence-corrected chi connectivity index (χ4v) is 4.60. The van der Waals surface area contributed by atoms with Gasteiger partial charge < -0.3 is 10.6 Å². The van der Waals surface area contributed by atoms with Crippen LogP contribution in [0.4, 0.5) is 13.2 Å². The van der Waals surface area contributed by atoms with Gasteiger partial charge in [-0.3, -0.25) is 4.79 Å². The number of rotatable bonds is 3. The van der Waals surface area contributed by atoms with Gasteiger partial charge in [0, 0.05) is 18.5 Å². The molecule has 0 radical (unpaired) electrons. The number of alkyl halides is 3. The van der Waals surface area contributed by atoms with Gasteiger partial charge in [-0.25, -0.2) is 4.98 Å². The van der Waals surface area contributed by atoms with E-state index in [4.69, 9.17) is 5.73 Å². The largest absolute Gasteiger partial charge is 0.434 e. The van der Waals surface area contributed by atoms with Crippen molar-refractivity contribution in [3.05, 3.63) is 16.1 Å². The second-order valence-electron chi connectivity index (χ2n) is 6.25. The van der Waals surface area contributed by atoms with Crippen LogP contribution in [0.1, 0.15) is 30.0 Å². The van der Waals surface area contributed by atoms with E-state index in [0.29, 0.717) is 16.8 Å². The first kappa shape index (κ1) is 15.7. The van der Waals surface area contributed by atoms with Crippen molar-refractivity contribution in [3.63, 3.8) is 0 Å². The molecule has 4 nitrogen and oxygen atoms in total. The maximum atomic E-state index is 12.6. The number of carbonyl (C=O) groups is 1. The van der Waals surface area contributed by atoms with Gasteiger partial charge >= 0.3 is 6.18 Å². The lowest BCUT2D eigenvalue weighted by atomic mass is 9.84. The van der Waals surface area contributed by atoms with Crippen LogP contribution in [0.15, 0.2) is 5.38 Å².